The molecule has 1 aromatic carbocycles. The summed E-state index contributed by atoms with van der Waals surface area (Å²) in [4.78, 5) is 20.9. The normalized spacial score (nSPS) is 9.85. The standard InChI is InChI=1S/C12H18N4O4/c1-2-7-20-11-8-9(3-4-10(11)16(18)19)14-5-6-15-12(13)17/h3-4,8,14H,2,5-7H2,1H3,(H3,13,15,17). The number of primary amides is 1. The Hall–Kier alpha value is -2.51. The average molecular weight is 282 g/mol. The summed E-state index contributed by atoms with van der Waals surface area (Å²) in [6, 6.07) is 3.94. The average Bonchev–Trinajstić information content (AvgIpc) is 2.41. The quantitative estimate of drug-likeness (QED) is 0.379. The number of anilines is 1. The van der Waals surface area contributed by atoms with E-state index in [9.17, 15) is 14.9 Å². The molecule has 2 amide bonds. The first-order chi connectivity index (χ1) is 9.54. The number of nitro groups is 1. The molecule has 0 aromatic heterocycles. The van der Waals surface area contributed by atoms with Gasteiger partial charge < -0.3 is 21.1 Å². The van der Waals surface area contributed by atoms with E-state index >= 15 is 0 Å². The number of hydrogen-bond donors (Lipinski definition) is 3. The van der Waals surface area contributed by atoms with Crippen molar-refractivity contribution in [2.45, 2.75) is 13.3 Å². The van der Waals surface area contributed by atoms with Crippen molar-refractivity contribution in [2.24, 2.45) is 5.73 Å². The zero-order valence-electron chi connectivity index (χ0n) is 11.2. The summed E-state index contributed by atoms with van der Waals surface area (Å²) in [7, 11) is 0. The van der Waals surface area contributed by atoms with Crippen LogP contribution in [0.4, 0.5) is 16.2 Å². The van der Waals surface area contributed by atoms with Crippen molar-refractivity contribution in [3.8, 4) is 5.75 Å². The van der Waals surface area contributed by atoms with Crippen molar-refractivity contribution in [1.29, 1.82) is 0 Å². The first kappa shape index (κ1) is 15.5. The molecule has 0 heterocycles. The highest BCUT2D eigenvalue weighted by Gasteiger charge is 2.15. The lowest BCUT2D eigenvalue weighted by Gasteiger charge is -2.10. The predicted octanol–water partition coefficient (Wildman–Crippen LogP) is 1.46. The van der Waals surface area contributed by atoms with Crippen LogP contribution >= 0.6 is 0 Å². The number of ether oxygens (including phenoxy) is 1. The molecule has 8 nitrogen and oxygen atoms in total. The lowest BCUT2D eigenvalue weighted by atomic mass is 10.2. The van der Waals surface area contributed by atoms with Gasteiger partial charge in [-0.05, 0) is 12.5 Å². The van der Waals surface area contributed by atoms with Crippen LogP contribution in [-0.4, -0.2) is 30.7 Å². The molecule has 0 aliphatic carbocycles. The Balaban J connectivity index is 2.68. The van der Waals surface area contributed by atoms with Gasteiger partial charge in [-0.1, -0.05) is 6.92 Å². The summed E-state index contributed by atoms with van der Waals surface area (Å²) in [5.41, 5.74) is 5.54. The van der Waals surface area contributed by atoms with E-state index in [1.54, 1.807) is 12.1 Å². The van der Waals surface area contributed by atoms with E-state index in [0.717, 1.165) is 6.42 Å². The van der Waals surface area contributed by atoms with Crippen molar-refractivity contribution in [3.63, 3.8) is 0 Å². The predicted molar refractivity (Wildman–Crippen MR) is 75.0 cm³/mol. The van der Waals surface area contributed by atoms with E-state index in [-0.39, 0.29) is 11.4 Å². The number of nitrogens with two attached hydrogens (primary N) is 1. The number of amides is 2. The molecule has 0 atom stereocenters. The molecule has 0 saturated carbocycles. The van der Waals surface area contributed by atoms with Gasteiger partial charge in [-0.25, -0.2) is 4.79 Å². The molecule has 1 aromatic rings. The Morgan fingerprint density at radius 2 is 2.20 bits per heavy atom. The Labute approximate surface area is 116 Å². The first-order valence-electron chi connectivity index (χ1n) is 6.23. The van der Waals surface area contributed by atoms with Crippen LogP contribution < -0.4 is 21.1 Å². The van der Waals surface area contributed by atoms with Crippen LogP contribution in [0.1, 0.15) is 13.3 Å². The maximum atomic E-state index is 10.9. The molecule has 0 unspecified atom stereocenters. The molecule has 20 heavy (non-hydrogen) atoms. The topological polar surface area (TPSA) is 120 Å². The van der Waals surface area contributed by atoms with Gasteiger partial charge in [0, 0.05) is 30.9 Å². The Morgan fingerprint density at radius 3 is 2.80 bits per heavy atom. The van der Waals surface area contributed by atoms with Gasteiger partial charge in [-0.2, -0.15) is 0 Å². The molecule has 0 aliphatic heterocycles. The summed E-state index contributed by atoms with van der Waals surface area (Å²) in [6.07, 6.45) is 0.761. The molecule has 0 saturated heterocycles. The minimum absolute atomic E-state index is 0.0701. The van der Waals surface area contributed by atoms with Crippen molar-refractivity contribution in [2.75, 3.05) is 25.0 Å². The summed E-state index contributed by atoms with van der Waals surface area (Å²) in [6.45, 7) is 3.14. The zero-order chi connectivity index (χ0) is 15.0. The largest absolute Gasteiger partial charge is 0.487 e. The smallest absolute Gasteiger partial charge is 0.312 e. The van der Waals surface area contributed by atoms with Gasteiger partial charge in [0.05, 0.1) is 11.5 Å². The van der Waals surface area contributed by atoms with Crippen LogP contribution in [0.25, 0.3) is 0 Å². The third-order valence-corrected chi connectivity index (χ3v) is 2.37. The molecule has 8 heteroatoms. The van der Waals surface area contributed by atoms with Gasteiger partial charge in [-0.3, -0.25) is 10.1 Å². The van der Waals surface area contributed by atoms with Gasteiger partial charge in [0.1, 0.15) is 0 Å². The van der Waals surface area contributed by atoms with Crippen molar-refractivity contribution in [3.05, 3.63) is 28.3 Å². The molecule has 0 spiro atoms. The van der Waals surface area contributed by atoms with E-state index < -0.39 is 11.0 Å². The number of rotatable bonds is 8. The highest BCUT2D eigenvalue weighted by atomic mass is 16.6. The van der Waals surface area contributed by atoms with Gasteiger partial charge in [0.2, 0.25) is 0 Å². The summed E-state index contributed by atoms with van der Waals surface area (Å²) in [5.74, 6) is 0.227. The lowest BCUT2D eigenvalue weighted by Crippen LogP contribution is -2.33. The maximum Gasteiger partial charge on any atom is 0.312 e. The number of nitrogens with one attached hydrogen (secondary N) is 2. The number of urea groups is 1. The fourth-order valence-electron chi connectivity index (χ4n) is 1.50. The molecular weight excluding hydrogens is 264 g/mol. The fraction of sp³-hybridized carbons (Fsp3) is 0.417. The lowest BCUT2D eigenvalue weighted by molar-refractivity contribution is -0.385. The Bertz CT molecular complexity index is 479. The van der Waals surface area contributed by atoms with E-state index in [0.29, 0.717) is 25.4 Å². The number of nitro benzene ring substituents is 1. The van der Waals surface area contributed by atoms with Gasteiger partial charge >= 0.3 is 11.7 Å². The number of hydrogen-bond acceptors (Lipinski definition) is 5. The summed E-state index contributed by atoms with van der Waals surface area (Å²) < 4.78 is 5.36. The number of benzene rings is 1. The van der Waals surface area contributed by atoms with Crippen LogP contribution in [0.15, 0.2) is 18.2 Å². The van der Waals surface area contributed by atoms with Gasteiger partial charge in [0.15, 0.2) is 5.75 Å². The molecule has 0 aliphatic rings. The van der Waals surface area contributed by atoms with Crippen LogP contribution in [-0.2, 0) is 0 Å². The van der Waals surface area contributed by atoms with E-state index in [1.165, 1.54) is 6.07 Å². The minimum atomic E-state index is -0.595. The van der Waals surface area contributed by atoms with E-state index in [4.69, 9.17) is 10.5 Å². The fourth-order valence-corrected chi connectivity index (χ4v) is 1.50. The van der Waals surface area contributed by atoms with E-state index in [1.807, 2.05) is 6.92 Å². The third kappa shape index (κ3) is 5.01. The highest BCUT2D eigenvalue weighted by molar-refractivity contribution is 5.71. The highest BCUT2D eigenvalue weighted by Crippen LogP contribution is 2.30. The SMILES string of the molecule is CCCOc1cc(NCCNC(N)=O)ccc1[N+](=O)[O-]. The van der Waals surface area contributed by atoms with Gasteiger partial charge in [-0.15, -0.1) is 0 Å². The monoisotopic (exact) mass is 282 g/mol. The molecule has 4 N–H and O–H groups in total. The second-order valence-electron chi connectivity index (χ2n) is 4.01. The van der Waals surface area contributed by atoms with Crippen molar-refractivity contribution in [1.82, 2.24) is 5.32 Å². The molecule has 0 fully saturated rings. The first-order valence-corrected chi connectivity index (χ1v) is 6.23. The second kappa shape index (κ2) is 7.82. The van der Waals surface area contributed by atoms with Crippen LogP contribution in [0, 0.1) is 10.1 Å². The summed E-state index contributed by atoms with van der Waals surface area (Å²) in [5, 5.41) is 16.3. The van der Waals surface area contributed by atoms with Crippen LogP contribution in [0.5, 0.6) is 5.75 Å². The van der Waals surface area contributed by atoms with Crippen LogP contribution in [0.3, 0.4) is 0 Å². The van der Waals surface area contributed by atoms with Gasteiger partial charge in [0.25, 0.3) is 0 Å². The molecule has 1 rings (SSSR count). The van der Waals surface area contributed by atoms with Crippen molar-refractivity contribution < 1.29 is 14.5 Å². The molecule has 110 valence electrons. The third-order valence-electron chi connectivity index (χ3n) is 2.37. The van der Waals surface area contributed by atoms with Crippen LogP contribution in [0.2, 0.25) is 0 Å². The minimum Gasteiger partial charge on any atom is -0.487 e. The Kier molecular flexibility index (Phi) is 6.08. The summed E-state index contributed by atoms with van der Waals surface area (Å²) >= 11 is 0. The molecule has 0 radical (unpaired) electrons. The zero-order valence-corrected chi connectivity index (χ0v) is 11.2. The molecule has 0 bridgehead atoms. The maximum absolute atomic E-state index is 10.9. The number of nitrogens with zero attached hydrogens (tertiary/aromatic N) is 1. The molecular formula is C12H18N4O4. The Morgan fingerprint density at radius 1 is 1.45 bits per heavy atom. The van der Waals surface area contributed by atoms with Crippen molar-refractivity contribution >= 4 is 17.4 Å². The van der Waals surface area contributed by atoms with E-state index in [2.05, 4.69) is 10.6 Å². The number of carbonyl (C=O) groups is 1. The second-order valence-corrected chi connectivity index (χ2v) is 4.01. The number of carbonyl (C=O) groups excluding carboxylic acids is 1.